The Balaban J connectivity index is 2.17. The minimum Gasteiger partial charge on any atom is -0.388 e. The summed E-state index contributed by atoms with van der Waals surface area (Å²) in [6.45, 7) is 4.48. The second-order valence-corrected chi connectivity index (χ2v) is 6.95. The predicted molar refractivity (Wildman–Crippen MR) is 66.0 cm³/mol. The van der Waals surface area contributed by atoms with Crippen LogP contribution in [0.2, 0.25) is 0 Å². The minimum absolute atomic E-state index is 0.319. The molecule has 2 aliphatic rings. The summed E-state index contributed by atoms with van der Waals surface area (Å²) < 4.78 is 0. The SMILES string of the molecule is CC1CC(C)CC(O)(C2(N)CCSC2)C1. The van der Waals surface area contributed by atoms with E-state index in [0.29, 0.717) is 11.8 Å². The van der Waals surface area contributed by atoms with E-state index in [1.165, 1.54) is 6.42 Å². The Morgan fingerprint density at radius 1 is 1.27 bits per heavy atom. The van der Waals surface area contributed by atoms with Gasteiger partial charge in [-0.2, -0.15) is 11.8 Å². The van der Waals surface area contributed by atoms with Crippen molar-refractivity contribution in [2.24, 2.45) is 17.6 Å². The molecule has 0 spiro atoms. The predicted octanol–water partition coefficient (Wildman–Crippen LogP) is 2.01. The fourth-order valence-electron chi connectivity index (χ4n) is 3.44. The van der Waals surface area contributed by atoms with Crippen LogP contribution in [0.3, 0.4) is 0 Å². The summed E-state index contributed by atoms with van der Waals surface area (Å²) in [5.41, 5.74) is 5.50. The van der Waals surface area contributed by atoms with Crippen LogP contribution in [0.15, 0.2) is 0 Å². The second kappa shape index (κ2) is 3.94. The quantitative estimate of drug-likeness (QED) is 0.723. The first-order valence-corrected chi connectivity index (χ1v) is 7.20. The number of aliphatic hydroxyl groups is 1. The van der Waals surface area contributed by atoms with Crippen LogP contribution in [0, 0.1) is 11.8 Å². The van der Waals surface area contributed by atoms with Gasteiger partial charge in [0.2, 0.25) is 0 Å². The van der Waals surface area contributed by atoms with Gasteiger partial charge in [0, 0.05) is 5.75 Å². The Bertz CT molecular complexity index is 228. The topological polar surface area (TPSA) is 46.2 Å². The molecule has 2 nitrogen and oxygen atoms in total. The highest BCUT2D eigenvalue weighted by Gasteiger charge is 2.52. The Kier molecular flexibility index (Phi) is 3.08. The Morgan fingerprint density at radius 3 is 2.33 bits per heavy atom. The molecule has 0 radical (unpaired) electrons. The first-order chi connectivity index (χ1) is 6.95. The molecule has 1 saturated carbocycles. The van der Waals surface area contributed by atoms with E-state index in [1.54, 1.807) is 0 Å². The summed E-state index contributed by atoms with van der Waals surface area (Å²) in [6.07, 6.45) is 4.02. The van der Waals surface area contributed by atoms with Crippen molar-refractivity contribution >= 4 is 11.8 Å². The van der Waals surface area contributed by atoms with Gasteiger partial charge in [-0.25, -0.2) is 0 Å². The lowest BCUT2D eigenvalue weighted by Crippen LogP contribution is -2.63. The van der Waals surface area contributed by atoms with E-state index >= 15 is 0 Å². The maximum absolute atomic E-state index is 10.8. The first kappa shape index (κ1) is 11.7. The van der Waals surface area contributed by atoms with Crippen LogP contribution in [0.4, 0.5) is 0 Å². The molecule has 3 unspecified atom stereocenters. The summed E-state index contributed by atoms with van der Waals surface area (Å²) in [5, 5.41) is 10.8. The van der Waals surface area contributed by atoms with Crippen molar-refractivity contribution in [1.29, 1.82) is 0 Å². The number of thioether (sulfide) groups is 1. The molecule has 3 heteroatoms. The average Bonchev–Trinajstić information content (AvgIpc) is 2.51. The molecule has 0 bridgehead atoms. The van der Waals surface area contributed by atoms with Gasteiger partial charge in [0.15, 0.2) is 0 Å². The third-order valence-electron chi connectivity index (χ3n) is 4.16. The van der Waals surface area contributed by atoms with E-state index in [-0.39, 0.29) is 5.54 Å². The molecule has 0 amide bonds. The molecule has 3 atom stereocenters. The lowest BCUT2D eigenvalue weighted by molar-refractivity contribution is -0.0824. The summed E-state index contributed by atoms with van der Waals surface area (Å²) in [5.74, 6) is 3.28. The molecule has 88 valence electrons. The molecule has 1 saturated heterocycles. The lowest BCUT2D eigenvalue weighted by Gasteiger charge is -2.48. The molecular weight excluding hydrogens is 206 g/mol. The molecule has 1 aliphatic carbocycles. The fourth-order valence-corrected chi connectivity index (χ4v) is 4.87. The zero-order valence-electron chi connectivity index (χ0n) is 9.83. The molecule has 15 heavy (non-hydrogen) atoms. The van der Waals surface area contributed by atoms with Crippen molar-refractivity contribution in [2.75, 3.05) is 11.5 Å². The maximum Gasteiger partial charge on any atom is 0.0839 e. The zero-order chi connectivity index (χ0) is 11.1. The van der Waals surface area contributed by atoms with Crippen molar-refractivity contribution in [2.45, 2.75) is 50.7 Å². The third-order valence-corrected chi connectivity index (χ3v) is 5.37. The van der Waals surface area contributed by atoms with E-state index in [9.17, 15) is 5.11 Å². The van der Waals surface area contributed by atoms with Gasteiger partial charge in [-0.1, -0.05) is 13.8 Å². The monoisotopic (exact) mass is 229 g/mol. The van der Waals surface area contributed by atoms with E-state index in [2.05, 4.69) is 13.8 Å². The fraction of sp³-hybridized carbons (Fsp3) is 1.00. The number of nitrogens with two attached hydrogens (primary N) is 1. The molecule has 1 aliphatic heterocycles. The molecule has 3 N–H and O–H groups in total. The zero-order valence-corrected chi connectivity index (χ0v) is 10.6. The molecule has 1 heterocycles. The summed E-state index contributed by atoms with van der Waals surface area (Å²) >= 11 is 1.89. The third kappa shape index (κ3) is 2.06. The van der Waals surface area contributed by atoms with Crippen LogP contribution in [0.25, 0.3) is 0 Å². The molecule has 2 fully saturated rings. The minimum atomic E-state index is -0.604. The van der Waals surface area contributed by atoms with Crippen LogP contribution < -0.4 is 5.73 Å². The number of hydrogen-bond donors (Lipinski definition) is 2. The highest BCUT2D eigenvalue weighted by atomic mass is 32.2. The molecule has 0 aromatic carbocycles. The van der Waals surface area contributed by atoms with Gasteiger partial charge < -0.3 is 10.8 Å². The van der Waals surface area contributed by atoms with E-state index in [4.69, 9.17) is 5.73 Å². The van der Waals surface area contributed by atoms with Crippen molar-refractivity contribution < 1.29 is 5.11 Å². The summed E-state index contributed by atoms with van der Waals surface area (Å²) in [6, 6.07) is 0. The Hall–Kier alpha value is 0.270. The van der Waals surface area contributed by atoms with E-state index in [0.717, 1.165) is 30.8 Å². The highest BCUT2D eigenvalue weighted by Crippen LogP contribution is 2.46. The smallest absolute Gasteiger partial charge is 0.0839 e. The highest BCUT2D eigenvalue weighted by molar-refractivity contribution is 7.99. The normalized spacial score (nSPS) is 52.0. The van der Waals surface area contributed by atoms with Gasteiger partial charge in [-0.3, -0.25) is 0 Å². The van der Waals surface area contributed by atoms with Gasteiger partial charge >= 0.3 is 0 Å². The van der Waals surface area contributed by atoms with Crippen molar-refractivity contribution in [1.82, 2.24) is 0 Å². The van der Waals surface area contributed by atoms with Crippen LogP contribution >= 0.6 is 11.8 Å². The van der Waals surface area contributed by atoms with E-state index < -0.39 is 5.60 Å². The Labute approximate surface area is 97.0 Å². The Morgan fingerprint density at radius 2 is 1.87 bits per heavy atom. The standard InChI is InChI=1S/C12H23NOS/c1-9-5-10(2)7-12(14,6-9)11(13)3-4-15-8-11/h9-10,14H,3-8,13H2,1-2H3. The van der Waals surface area contributed by atoms with Crippen LogP contribution in [-0.4, -0.2) is 27.8 Å². The van der Waals surface area contributed by atoms with Gasteiger partial charge in [0.1, 0.15) is 0 Å². The number of rotatable bonds is 1. The molecule has 0 aromatic rings. The summed E-state index contributed by atoms with van der Waals surface area (Å²) in [7, 11) is 0. The van der Waals surface area contributed by atoms with Crippen molar-refractivity contribution in [3.05, 3.63) is 0 Å². The average molecular weight is 229 g/mol. The van der Waals surface area contributed by atoms with E-state index in [1.807, 2.05) is 11.8 Å². The first-order valence-electron chi connectivity index (χ1n) is 6.04. The molecule has 0 aromatic heterocycles. The maximum atomic E-state index is 10.8. The summed E-state index contributed by atoms with van der Waals surface area (Å²) in [4.78, 5) is 0. The van der Waals surface area contributed by atoms with Crippen molar-refractivity contribution in [3.8, 4) is 0 Å². The largest absolute Gasteiger partial charge is 0.388 e. The van der Waals surface area contributed by atoms with Gasteiger partial charge in [-0.05, 0) is 43.3 Å². The lowest BCUT2D eigenvalue weighted by atomic mass is 9.65. The number of hydrogen-bond acceptors (Lipinski definition) is 3. The van der Waals surface area contributed by atoms with Crippen molar-refractivity contribution in [3.63, 3.8) is 0 Å². The second-order valence-electron chi connectivity index (χ2n) is 5.84. The van der Waals surface area contributed by atoms with Gasteiger partial charge in [-0.15, -0.1) is 0 Å². The van der Waals surface area contributed by atoms with Gasteiger partial charge in [0.05, 0.1) is 11.1 Å². The van der Waals surface area contributed by atoms with Crippen LogP contribution in [-0.2, 0) is 0 Å². The van der Waals surface area contributed by atoms with Gasteiger partial charge in [0.25, 0.3) is 0 Å². The molecule has 2 rings (SSSR count). The van der Waals surface area contributed by atoms with Crippen LogP contribution in [0.1, 0.15) is 39.5 Å². The molecular formula is C12H23NOS. The van der Waals surface area contributed by atoms with Crippen LogP contribution in [0.5, 0.6) is 0 Å².